The molecule has 1 heterocycles. The van der Waals surface area contributed by atoms with Crippen molar-refractivity contribution >= 4 is 11.3 Å². The minimum absolute atomic E-state index is 0.154. The first-order chi connectivity index (χ1) is 11.0. The monoisotopic (exact) mass is 333 g/mol. The Balaban J connectivity index is 2.05. The largest absolute Gasteiger partial charge is 0.504 e. The third-order valence-corrected chi connectivity index (χ3v) is 4.42. The SMILES string of the molecule is C=CCc1cc(CNCC(C)(O)c2ccsc2)cc(OC)c1O. The van der Waals surface area contributed by atoms with Gasteiger partial charge >= 0.3 is 0 Å². The second-order valence-corrected chi connectivity index (χ2v) is 6.47. The van der Waals surface area contributed by atoms with Gasteiger partial charge < -0.3 is 20.3 Å². The summed E-state index contributed by atoms with van der Waals surface area (Å²) in [5, 5.41) is 27.8. The molecule has 1 aromatic carbocycles. The van der Waals surface area contributed by atoms with E-state index in [0.29, 0.717) is 25.3 Å². The van der Waals surface area contributed by atoms with E-state index in [-0.39, 0.29) is 5.75 Å². The van der Waals surface area contributed by atoms with Gasteiger partial charge in [0.05, 0.1) is 12.7 Å². The van der Waals surface area contributed by atoms with Crippen LogP contribution in [0.5, 0.6) is 11.5 Å². The molecule has 0 bridgehead atoms. The van der Waals surface area contributed by atoms with Crippen LogP contribution in [0, 0.1) is 0 Å². The van der Waals surface area contributed by atoms with Crippen LogP contribution in [-0.2, 0) is 18.6 Å². The number of thiophene rings is 1. The van der Waals surface area contributed by atoms with E-state index in [0.717, 1.165) is 16.7 Å². The molecule has 23 heavy (non-hydrogen) atoms. The molecular weight excluding hydrogens is 310 g/mol. The summed E-state index contributed by atoms with van der Waals surface area (Å²) in [4.78, 5) is 0. The minimum Gasteiger partial charge on any atom is -0.504 e. The van der Waals surface area contributed by atoms with E-state index >= 15 is 0 Å². The molecule has 0 amide bonds. The molecule has 0 aliphatic carbocycles. The zero-order valence-electron chi connectivity index (χ0n) is 13.5. The van der Waals surface area contributed by atoms with Crippen LogP contribution in [0.3, 0.4) is 0 Å². The van der Waals surface area contributed by atoms with Crippen LogP contribution < -0.4 is 10.1 Å². The Morgan fingerprint density at radius 3 is 2.83 bits per heavy atom. The Kier molecular flexibility index (Phi) is 5.82. The highest BCUT2D eigenvalue weighted by Gasteiger charge is 2.22. The molecule has 2 aromatic rings. The van der Waals surface area contributed by atoms with Crippen molar-refractivity contribution in [2.45, 2.75) is 25.5 Å². The molecule has 124 valence electrons. The lowest BCUT2D eigenvalue weighted by atomic mass is 9.99. The summed E-state index contributed by atoms with van der Waals surface area (Å²) >= 11 is 1.57. The fraction of sp³-hybridized carbons (Fsp3) is 0.333. The molecule has 0 aliphatic rings. The Hall–Kier alpha value is -1.82. The molecule has 0 aliphatic heterocycles. The first-order valence-electron chi connectivity index (χ1n) is 7.43. The van der Waals surface area contributed by atoms with Gasteiger partial charge in [0.15, 0.2) is 11.5 Å². The second-order valence-electron chi connectivity index (χ2n) is 5.69. The maximum atomic E-state index is 10.5. The first-order valence-corrected chi connectivity index (χ1v) is 8.37. The van der Waals surface area contributed by atoms with Crippen LogP contribution in [0.1, 0.15) is 23.6 Å². The van der Waals surface area contributed by atoms with E-state index < -0.39 is 5.60 Å². The Morgan fingerprint density at radius 2 is 2.22 bits per heavy atom. The highest BCUT2D eigenvalue weighted by Crippen LogP contribution is 2.32. The van der Waals surface area contributed by atoms with Crippen LogP contribution >= 0.6 is 11.3 Å². The summed E-state index contributed by atoms with van der Waals surface area (Å²) in [6, 6.07) is 5.65. The molecular formula is C18H23NO3S. The number of aliphatic hydroxyl groups is 1. The molecule has 5 heteroatoms. The number of hydrogen-bond acceptors (Lipinski definition) is 5. The lowest BCUT2D eigenvalue weighted by molar-refractivity contribution is 0.0571. The average Bonchev–Trinajstić information content (AvgIpc) is 3.05. The third-order valence-electron chi connectivity index (χ3n) is 3.74. The molecule has 0 spiro atoms. The fourth-order valence-corrected chi connectivity index (χ4v) is 3.20. The predicted octanol–water partition coefficient (Wildman–Crippen LogP) is 3.19. The van der Waals surface area contributed by atoms with Gasteiger partial charge in [-0.15, -0.1) is 6.58 Å². The van der Waals surface area contributed by atoms with E-state index in [1.807, 2.05) is 22.9 Å². The van der Waals surface area contributed by atoms with Crippen LogP contribution in [0.25, 0.3) is 0 Å². The van der Waals surface area contributed by atoms with Gasteiger partial charge in [0.25, 0.3) is 0 Å². The van der Waals surface area contributed by atoms with Crippen LogP contribution in [0.2, 0.25) is 0 Å². The quantitative estimate of drug-likeness (QED) is 0.649. The standard InChI is InChI=1S/C18H23NO3S/c1-4-5-14-8-13(9-16(22-3)17(14)20)10-19-12-18(2,21)15-6-7-23-11-15/h4,6-9,11,19-21H,1,5,10,12H2,2-3H3. The molecule has 3 N–H and O–H groups in total. The molecule has 1 aromatic heterocycles. The second kappa shape index (κ2) is 7.64. The maximum absolute atomic E-state index is 10.5. The third kappa shape index (κ3) is 4.34. The number of allylic oxidation sites excluding steroid dienone is 1. The normalized spacial score (nSPS) is 13.5. The van der Waals surface area contributed by atoms with Crippen molar-refractivity contribution in [3.05, 3.63) is 58.3 Å². The average molecular weight is 333 g/mol. The lowest BCUT2D eigenvalue weighted by Crippen LogP contribution is -2.34. The van der Waals surface area contributed by atoms with E-state index in [1.165, 1.54) is 7.11 Å². The highest BCUT2D eigenvalue weighted by atomic mass is 32.1. The summed E-state index contributed by atoms with van der Waals surface area (Å²) in [5.41, 5.74) is 1.76. The summed E-state index contributed by atoms with van der Waals surface area (Å²) in [5.74, 6) is 0.604. The van der Waals surface area contributed by atoms with Crippen molar-refractivity contribution < 1.29 is 14.9 Å². The van der Waals surface area contributed by atoms with Gasteiger partial charge in [-0.2, -0.15) is 11.3 Å². The van der Waals surface area contributed by atoms with Gasteiger partial charge in [0.2, 0.25) is 0 Å². The van der Waals surface area contributed by atoms with Crippen molar-refractivity contribution in [3.63, 3.8) is 0 Å². The van der Waals surface area contributed by atoms with E-state index in [9.17, 15) is 10.2 Å². The van der Waals surface area contributed by atoms with Crippen molar-refractivity contribution in [1.29, 1.82) is 0 Å². The Morgan fingerprint density at radius 1 is 1.43 bits per heavy atom. The summed E-state index contributed by atoms with van der Waals surface area (Å²) in [6.45, 7) is 6.50. The molecule has 0 radical (unpaired) electrons. The number of rotatable bonds is 8. The number of nitrogens with one attached hydrogen (secondary N) is 1. The Bertz CT molecular complexity index is 651. The van der Waals surface area contributed by atoms with Crippen LogP contribution in [0.4, 0.5) is 0 Å². The number of methoxy groups -OCH3 is 1. The number of phenols is 1. The topological polar surface area (TPSA) is 61.7 Å². The van der Waals surface area contributed by atoms with E-state index in [4.69, 9.17) is 4.74 Å². The van der Waals surface area contributed by atoms with Crippen molar-refractivity contribution in [3.8, 4) is 11.5 Å². The number of hydrogen-bond donors (Lipinski definition) is 3. The summed E-state index contributed by atoms with van der Waals surface area (Å²) in [7, 11) is 1.53. The van der Waals surface area contributed by atoms with Gasteiger partial charge in [-0.25, -0.2) is 0 Å². The van der Waals surface area contributed by atoms with Crippen molar-refractivity contribution in [1.82, 2.24) is 5.32 Å². The molecule has 1 unspecified atom stereocenters. The fourth-order valence-electron chi connectivity index (χ4n) is 2.42. The molecule has 0 saturated heterocycles. The summed E-state index contributed by atoms with van der Waals surface area (Å²) < 4.78 is 5.22. The molecule has 1 atom stereocenters. The first kappa shape index (κ1) is 17.5. The molecule has 2 rings (SSSR count). The smallest absolute Gasteiger partial charge is 0.161 e. The Labute approximate surface area is 141 Å². The zero-order valence-corrected chi connectivity index (χ0v) is 14.3. The number of benzene rings is 1. The van der Waals surface area contributed by atoms with Crippen molar-refractivity contribution in [2.24, 2.45) is 0 Å². The molecule has 0 saturated carbocycles. The van der Waals surface area contributed by atoms with E-state index in [1.54, 1.807) is 30.4 Å². The van der Waals surface area contributed by atoms with Crippen LogP contribution in [-0.4, -0.2) is 23.9 Å². The number of phenolic OH excluding ortho intramolecular Hbond substituents is 1. The molecule has 0 fully saturated rings. The van der Waals surface area contributed by atoms with Gasteiger partial charge in [0.1, 0.15) is 0 Å². The van der Waals surface area contributed by atoms with Gasteiger partial charge in [-0.3, -0.25) is 0 Å². The maximum Gasteiger partial charge on any atom is 0.161 e. The highest BCUT2D eigenvalue weighted by molar-refractivity contribution is 7.08. The van der Waals surface area contributed by atoms with Gasteiger partial charge in [0, 0.05) is 18.7 Å². The lowest BCUT2D eigenvalue weighted by Gasteiger charge is -2.23. The zero-order chi connectivity index (χ0) is 16.9. The molecule has 4 nitrogen and oxygen atoms in total. The van der Waals surface area contributed by atoms with Gasteiger partial charge in [-0.1, -0.05) is 12.1 Å². The van der Waals surface area contributed by atoms with Crippen LogP contribution in [0.15, 0.2) is 41.6 Å². The number of ether oxygens (including phenoxy) is 1. The van der Waals surface area contributed by atoms with E-state index in [2.05, 4.69) is 11.9 Å². The summed E-state index contributed by atoms with van der Waals surface area (Å²) in [6.07, 6.45) is 2.32. The minimum atomic E-state index is -0.912. The van der Waals surface area contributed by atoms with Gasteiger partial charge in [-0.05, 0) is 47.4 Å². The predicted molar refractivity (Wildman–Crippen MR) is 94.2 cm³/mol. The van der Waals surface area contributed by atoms with Crippen molar-refractivity contribution in [2.75, 3.05) is 13.7 Å². The number of aromatic hydroxyl groups is 1.